The van der Waals surface area contributed by atoms with Crippen molar-refractivity contribution in [2.24, 2.45) is 0 Å². The van der Waals surface area contributed by atoms with Crippen LogP contribution in [0, 0.1) is 0 Å². The molecule has 0 aliphatic carbocycles. The minimum atomic E-state index is -0.158. The van der Waals surface area contributed by atoms with Crippen LogP contribution in [0.15, 0.2) is 64.5 Å². The van der Waals surface area contributed by atoms with Gasteiger partial charge in [-0.25, -0.2) is 0 Å². The molecule has 0 saturated carbocycles. The second-order valence-electron chi connectivity index (χ2n) is 5.60. The normalized spacial score (nSPS) is 11.1. The molecule has 0 spiro atoms. The molecule has 0 fully saturated rings. The quantitative estimate of drug-likeness (QED) is 0.507. The third kappa shape index (κ3) is 2.99. The summed E-state index contributed by atoms with van der Waals surface area (Å²) in [4.78, 5) is 12.5. The molecular weight excluding hydrogens is 348 g/mol. The smallest absolute Gasteiger partial charge is 0.278 e. The minimum absolute atomic E-state index is 0.158. The molecule has 4 aromatic rings. The van der Waals surface area contributed by atoms with Crippen molar-refractivity contribution < 1.29 is 0 Å². The number of aromatic nitrogens is 6. The molecule has 0 bridgehead atoms. The highest BCUT2D eigenvalue weighted by molar-refractivity contribution is 7.98. The SMILES string of the molecule is CCn1c(SCn2nnc3ccccc3c2=O)nnc1-c1ccccc1. The molecule has 2 heterocycles. The molecule has 0 aliphatic rings. The zero-order chi connectivity index (χ0) is 17.9. The Hall–Kier alpha value is -3.00. The average Bonchev–Trinajstić information content (AvgIpc) is 3.11. The Morgan fingerprint density at radius 2 is 1.73 bits per heavy atom. The summed E-state index contributed by atoms with van der Waals surface area (Å²) in [6, 6.07) is 17.1. The van der Waals surface area contributed by atoms with Crippen molar-refractivity contribution >= 4 is 22.7 Å². The fraction of sp³-hybridized carbons (Fsp3) is 0.167. The predicted molar refractivity (Wildman–Crippen MR) is 101 cm³/mol. The standard InChI is InChI=1S/C18H16N6OS/c1-2-23-16(13-8-4-3-5-9-13)20-21-18(23)26-12-24-17(25)14-10-6-7-11-15(14)19-22-24/h3-11H,2,12H2,1H3. The van der Waals surface area contributed by atoms with Crippen LogP contribution in [0.5, 0.6) is 0 Å². The highest BCUT2D eigenvalue weighted by Gasteiger charge is 2.14. The fourth-order valence-corrected chi connectivity index (χ4v) is 3.58. The van der Waals surface area contributed by atoms with Gasteiger partial charge in [-0.2, -0.15) is 4.68 Å². The van der Waals surface area contributed by atoms with Crippen molar-refractivity contribution in [1.82, 2.24) is 29.8 Å². The van der Waals surface area contributed by atoms with Crippen LogP contribution in [-0.4, -0.2) is 29.8 Å². The van der Waals surface area contributed by atoms with Gasteiger partial charge in [0.25, 0.3) is 5.56 Å². The van der Waals surface area contributed by atoms with E-state index in [-0.39, 0.29) is 5.56 Å². The molecule has 8 heteroatoms. The number of thioether (sulfide) groups is 1. The van der Waals surface area contributed by atoms with E-state index < -0.39 is 0 Å². The van der Waals surface area contributed by atoms with Gasteiger partial charge in [-0.3, -0.25) is 4.79 Å². The maximum Gasteiger partial charge on any atom is 0.278 e. The number of fused-ring (bicyclic) bond motifs is 1. The average molecular weight is 364 g/mol. The van der Waals surface area contributed by atoms with Crippen LogP contribution in [0.2, 0.25) is 0 Å². The molecule has 0 radical (unpaired) electrons. The van der Waals surface area contributed by atoms with Crippen molar-refractivity contribution in [1.29, 1.82) is 0 Å². The van der Waals surface area contributed by atoms with Crippen molar-refractivity contribution in [2.45, 2.75) is 24.5 Å². The van der Waals surface area contributed by atoms with Gasteiger partial charge in [0.15, 0.2) is 11.0 Å². The minimum Gasteiger partial charge on any atom is -0.302 e. The summed E-state index contributed by atoms with van der Waals surface area (Å²) in [5.41, 5.74) is 1.45. The maximum atomic E-state index is 12.5. The third-order valence-electron chi connectivity index (χ3n) is 4.01. The van der Waals surface area contributed by atoms with Gasteiger partial charge >= 0.3 is 0 Å². The predicted octanol–water partition coefficient (Wildman–Crippen LogP) is 2.82. The molecule has 2 aromatic heterocycles. The van der Waals surface area contributed by atoms with E-state index in [2.05, 4.69) is 20.5 Å². The van der Waals surface area contributed by atoms with Crippen LogP contribution in [0.4, 0.5) is 0 Å². The summed E-state index contributed by atoms with van der Waals surface area (Å²) in [6.45, 7) is 2.78. The van der Waals surface area contributed by atoms with Gasteiger partial charge in [-0.15, -0.1) is 15.3 Å². The van der Waals surface area contributed by atoms with Crippen LogP contribution in [0.25, 0.3) is 22.3 Å². The van der Waals surface area contributed by atoms with Gasteiger partial charge in [-0.1, -0.05) is 59.4 Å². The lowest BCUT2D eigenvalue weighted by Gasteiger charge is -2.08. The van der Waals surface area contributed by atoms with Crippen LogP contribution in [0.3, 0.4) is 0 Å². The zero-order valence-electron chi connectivity index (χ0n) is 14.1. The number of benzene rings is 2. The molecule has 0 atom stereocenters. The lowest BCUT2D eigenvalue weighted by atomic mass is 10.2. The number of hydrogen-bond donors (Lipinski definition) is 0. The molecule has 0 aliphatic heterocycles. The summed E-state index contributed by atoms with van der Waals surface area (Å²) >= 11 is 1.41. The molecule has 0 N–H and O–H groups in total. The van der Waals surface area contributed by atoms with E-state index in [4.69, 9.17) is 0 Å². The molecule has 0 unspecified atom stereocenters. The van der Waals surface area contributed by atoms with Gasteiger partial charge < -0.3 is 4.57 Å². The lowest BCUT2D eigenvalue weighted by Crippen LogP contribution is -2.23. The second kappa shape index (κ2) is 7.09. The third-order valence-corrected chi connectivity index (χ3v) is 4.94. The summed E-state index contributed by atoms with van der Waals surface area (Å²) in [6.07, 6.45) is 0. The molecule has 2 aromatic carbocycles. The Labute approximate surface area is 153 Å². The summed E-state index contributed by atoms with van der Waals surface area (Å²) < 4.78 is 3.38. The Balaban J connectivity index is 1.62. The monoisotopic (exact) mass is 364 g/mol. The van der Waals surface area contributed by atoms with E-state index >= 15 is 0 Å². The number of rotatable bonds is 5. The van der Waals surface area contributed by atoms with Crippen LogP contribution < -0.4 is 5.56 Å². The Morgan fingerprint density at radius 3 is 2.54 bits per heavy atom. The van der Waals surface area contributed by atoms with Crippen LogP contribution in [-0.2, 0) is 12.4 Å². The van der Waals surface area contributed by atoms with Crippen molar-refractivity contribution in [3.05, 3.63) is 65.0 Å². The van der Waals surface area contributed by atoms with Crippen LogP contribution >= 0.6 is 11.8 Å². The Kier molecular flexibility index (Phi) is 4.49. The molecule has 26 heavy (non-hydrogen) atoms. The zero-order valence-corrected chi connectivity index (χ0v) is 14.9. The molecule has 4 rings (SSSR count). The first-order valence-electron chi connectivity index (χ1n) is 8.22. The Bertz CT molecular complexity index is 1110. The highest BCUT2D eigenvalue weighted by atomic mass is 32.2. The van der Waals surface area contributed by atoms with E-state index in [0.717, 1.165) is 23.1 Å². The first-order chi connectivity index (χ1) is 12.8. The van der Waals surface area contributed by atoms with Crippen molar-refractivity contribution in [2.75, 3.05) is 0 Å². The molecule has 0 saturated heterocycles. The molecule has 0 amide bonds. The van der Waals surface area contributed by atoms with E-state index in [1.807, 2.05) is 54.0 Å². The number of hydrogen-bond acceptors (Lipinski definition) is 6. The lowest BCUT2D eigenvalue weighted by molar-refractivity contribution is 0.637. The van der Waals surface area contributed by atoms with E-state index in [0.29, 0.717) is 16.8 Å². The van der Waals surface area contributed by atoms with Gasteiger partial charge in [0.2, 0.25) is 0 Å². The highest BCUT2D eigenvalue weighted by Crippen LogP contribution is 2.24. The molecule has 130 valence electrons. The second-order valence-corrected chi connectivity index (χ2v) is 6.51. The maximum absolute atomic E-state index is 12.5. The van der Waals surface area contributed by atoms with Crippen LogP contribution in [0.1, 0.15) is 6.92 Å². The first-order valence-corrected chi connectivity index (χ1v) is 9.20. The Morgan fingerprint density at radius 1 is 0.962 bits per heavy atom. The van der Waals surface area contributed by atoms with Crippen molar-refractivity contribution in [3.63, 3.8) is 0 Å². The van der Waals surface area contributed by atoms with Gasteiger partial charge in [0.1, 0.15) is 5.52 Å². The number of nitrogens with zero attached hydrogens (tertiary/aromatic N) is 6. The van der Waals surface area contributed by atoms with E-state index in [1.165, 1.54) is 16.4 Å². The summed E-state index contributed by atoms with van der Waals surface area (Å²) in [7, 11) is 0. The van der Waals surface area contributed by atoms with E-state index in [1.54, 1.807) is 12.1 Å². The van der Waals surface area contributed by atoms with E-state index in [9.17, 15) is 4.79 Å². The van der Waals surface area contributed by atoms with Gasteiger partial charge in [0, 0.05) is 12.1 Å². The van der Waals surface area contributed by atoms with Gasteiger partial charge in [0.05, 0.1) is 11.3 Å². The summed E-state index contributed by atoms with van der Waals surface area (Å²) in [5, 5.41) is 18.0. The molecular formula is C18H16N6OS. The fourth-order valence-electron chi connectivity index (χ4n) is 2.71. The topological polar surface area (TPSA) is 78.5 Å². The van der Waals surface area contributed by atoms with Gasteiger partial charge in [-0.05, 0) is 19.1 Å². The first kappa shape index (κ1) is 16.5. The molecule has 7 nitrogen and oxygen atoms in total. The summed E-state index contributed by atoms with van der Waals surface area (Å²) in [5.74, 6) is 1.14. The van der Waals surface area contributed by atoms with Crippen molar-refractivity contribution in [3.8, 4) is 11.4 Å². The largest absolute Gasteiger partial charge is 0.302 e.